The molecule has 7 heteroatoms. The molecule has 0 aliphatic heterocycles. The number of hydrogen-bond donors (Lipinski definition) is 1. The summed E-state index contributed by atoms with van der Waals surface area (Å²) in [4.78, 5) is 24.2. The molecule has 3 aromatic rings. The number of nitro benzene ring substituents is 1. The van der Waals surface area contributed by atoms with E-state index in [0.29, 0.717) is 11.3 Å². The van der Waals surface area contributed by atoms with Crippen molar-refractivity contribution in [2.45, 2.75) is 17.4 Å². The van der Waals surface area contributed by atoms with Gasteiger partial charge in [-0.3, -0.25) is 14.9 Å². The number of carbonyl (C=O) groups is 1. The minimum absolute atomic E-state index is 0.00110. The first-order chi connectivity index (χ1) is 14.0. The van der Waals surface area contributed by atoms with Gasteiger partial charge in [-0.2, -0.15) is 0 Å². The van der Waals surface area contributed by atoms with Crippen LogP contribution in [0.2, 0.25) is 0 Å². The van der Waals surface area contributed by atoms with Crippen LogP contribution in [0, 0.1) is 15.9 Å². The third-order valence-corrected chi connectivity index (χ3v) is 5.24. The fourth-order valence-electron chi connectivity index (χ4n) is 2.91. The van der Waals surface area contributed by atoms with Crippen LogP contribution in [-0.4, -0.2) is 17.0 Å². The number of ketones is 1. The fourth-order valence-corrected chi connectivity index (χ4v) is 3.32. The van der Waals surface area contributed by atoms with Crippen molar-refractivity contribution in [1.29, 1.82) is 0 Å². The van der Waals surface area contributed by atoms with Gasteiger partial charge in [0.15, 0.2) is 5.78 Å². The van der Waals surface area contributed by atoms with E-state index in [1.54, 1.807) is 23.9 Å². The Morgan fingerprint density at radius 2 is 1.66 bits per heavy atom. The number of benzene rings is 3. The van der Waals surface area contributed by atoms with Crippen molar-refractivity contribution in [1.82, 2.24) is 0 Å². The first-order valence-electron chi connectivity index (χ1n) is 8.90. The van der Waals surface area contributed by atoms with Crippen molar-refractivity contribution < 1.29 is 14.1 Å². The number of nitrogens with zero attached hydrogens (tertiary/aromatic N) is 1. The van der Waals surface area contributed by atoms with E-state index >= 15 is 0 Å². The van der Waals surface area contributed by atoms with Gasteiger partial charge in [-0.05, 0) is 60.4 Å². The largest absolute Gasteiger partial charge is 0.378 e. The Morgan fingerprint density at radius 1 is 1.03 bits per heavy atom. The highest BCUT2D eigenvalue weighted by Crippen LogP contribution is 2.27. The normalized spacial score (nSPS) is 11.7. The minimum Gasteiger partial charge on any atom is -0.378 e. The SMILES string of the molecule is CSc1ccc(C(CC(=O)c2ccc(F)cc2)Nc2ccc([N+](=O)[O-])cc2)cc1. The van der Waals surface area contributed by atoms with Crippen LogP contribution in [0.5, 0.6) is 0 Å². The molecule has 5 nitrogen and oxygen atoms in total. The van der Waals surface area contributed by atoms with E-state index < -0.39 is 10.7 Å². The average Bonchev–Trinajstić information content (AvgIpc) is 2.74. The van der Waals surface area contributed by atoms with Crippen LogP contribution in [-0.2, 0) is 0 Å². The number of carbonyl (C=O) groups excluding carboxylic acids is 1. The predicted octanol–water partition coefficient (Wildman–Crippen LogP) is 5.88. The number of anilines is 1. The molecule has 1 atom stereocenters. The first-order valence-corrected chi connectivity index (χ1v) is 10.1. The molecule has 0 bridgehead atoms. The molecular weight excluding hydrogens is 391 g/mol. The van der Waals surface area contributed by atoms with Gasteiger partial charge in [-0.15, -0.1) is 11.8 Å². The molecule has 0 aliphatic carbocycles. The van der Waals surface area contributed by atoms with E-state index in [1.165, 1.54) is 36.4 Å². The zero-order valence-electron chi connectivity index (χ0n) is 15.7. The number of nitrogens with one attached hydrogen (secondary N) is 1. The van der Waals surface area contributed by atoms with Crippen molar-refractivity contribution in [3.8, 4) is 0 Å². The monoisotopic (exact) mass is 410 g/mol. The molecule has 0 aliphatic rings. The lowest BCUT2D eigenvalue weighted by Crippen LogP contribution is -2.16. The molecular formula is C22H19FN2O3S. The Hall–Kier alpha value is -3.19. The van der Waals surface area contributed by atoms with Gasteiger partial charge < -0.3 is 5.32 Å². The van der Waals surface area contributed by atoms with Crippen LogP contribution < -0.4 is 5.32 Å². The molecule has 0 fully saturated rings. The third-order valence-electron chi connectivity index (χ3n) is 4.49. The quantitative estimate of drug-likeness (QED) is 0.217. The van der Waals surface area contributed by atoms with Crippen LogP contribution in [0.25, 0.3) is 0 Å². The van der Waals surface area contributed by atoms with Crippen molar-refractivity contribution in [2.75, 3.05) is 11.6 Å². The van der Waals surface area contributed by atoms with E-state index in [0.717, 1.165) is 10.5 Å². The topological polar surface area (TPSA) is 72.2 Å². The lowest BCUT2D eigenvalue weighted by atomic mass is 9.97. The summed E-state index contributed by atoms with van der Waals surface area (Å²) in [6.45, 7) is 0. The fraction of sp³-hybridized carbons (Fsp3) is 0.136. The Labute approximate surface area is 172 Å². The second-order valence-electron chi connectivity index (χ2n) is 6.41. The maximum Gasteiger partial charge on any atom is 0.269 e. The summed E-state index contributed by atoms with van der Waals surface area (Å²) in [7, 11) is 0. The minimum atomic E-state index is -0.458. The molecule has 3 rings (SSSR count). The van der Waals surface area contributed by atoms with E-state index in [1.807, 2.05) is 30.5 Å². The number of nitro groups is 1. The Bertz CT molecular complexity index is 990. The van der Waals surface area contributed by atoms with E-state index in [9.17, 15) is 19.3 Å². The number of rotatable bonds is 8. The molecule has 0 heterocycles. The average molecular weight is 410 g/mol. The molecule has 0 spiro atoms. The molecule has 3 aromatic carbocycles. The summed E-state index contributed by atoms with van der Waals surface area (Å²) in [6.07, 6.45) is 2.14. The van der Waals surface area contributed by atoms with Crippen LogP contribution in [0.1, 0.15) is 28.4 Å². The van der Waals surface area contributed by atoms with Gasteiger partial charge in [-0.1, -0.05) is 12.1 Å². The number of halogens is 1. The lowest BCUT2D eigenvalue weighted by Gasteiger charge is -2.20. The van der Waals surface area contributed by atoms with Gasteiger partial charge in [0.25, 0.3) is 5.69 Å². The van der Waals surface area contributed by atoms with Crippen molar-refractivity contribution in [3.05, 3.63) is 99.9 Å². The maximum atomic E-state index is 13.2. The van der Waals surface area contributed by atoms with E-state index in [4.69, 9.17) is 0 Å². The van der Waals surface area contributed by atoms with Crippen LogP contribution in [0.15, 0.2) is 77.7 Å². The Kier molecular flexibility index (Phi) is 6.61. The molecule has 1 N–H and O–H groups in total. The third kappa shape index (κ3) is 5.42. The second kappa shape index (κ2) is 9.34. The van der Waals surface area contributed by atoms with Gasteiger partial charge in [0.05, 0.1) is 11.0 Å². The van der Waals surface area contributed by atoms with Gasteiger partial charge >= 0.3 is 0 Å². The zero-order valence-corrected chi connectivity index (χ0v) is 16.5. The first kappa shape index (κ1) is 20.5. The number of thioether (sulfide) groups is 1. The lowest BCUT2D eigenvalue weighted by molar-refractivity contribution is -0.384. The summed E-state index contributed by atoms with van der Waals surface area (Å²) < 4.78 is 13.2. The Morgan fingerprint density at radius 3 is 2.21 bits per heavy atom. The zero-order chi connectivity index (χ0) is 20.8. The number of hydrogen-bond acceptors (Lipinski definition) is 5. The summed E-state index contributed by atoms with van der Waals surface area (Å²) in [5.41, 5.74) is 2.01. The summed E-state index contributed by atoms with van der Waals surface area (Å²) in [5, 5.41) is 14.1. The molecule has 148 valence electrons. The molecule has 0 aromatic heterocycles. The Balaban J connectivity index is 1.84. The van der Waals surface area contributed by atoms with Gasteiger partial charge in [0.2, 0.25) is 0 Å². The van der Waals surface area contributed by atoms with Crippen LogP contribution >= 0.6 is 11.8 Å². The highest BCUT2D eigenvalue weighted by molar-refractivity contribution is 7.98. The standard InChI is InChI=1S/C22H19FN2O3S/c1-29-20-12-4-15(5-13-20)21(14-22(26)16-2-6-17(23)7-3-16)24-18-8-10-19(11-9-18)25(27)28/h2-13,21,24H,14H2,1H3. The smallest absolute Gasteiger partial charge is 0.269 e. The summed E-state index contributed by atoms with van der Waals surface area (Å²) in [5.74, 6) is -0.520. The van der Waals surface area contributed by atoms with Gasteiger partial charge in [0.1, 0.15) is 5.82 Å². The molecule has 0 amide bonds. The number of Topliss-reactive ketones (excluding diaryl/α,β-unsaturated/α-hetero) is 1. The van der Waals surface area contributed by atoms with Gasteiger partial charge in [0, 0.05) is 34.7 Å². The van der Waals surface area contributed by atoms with E-state index in [2.05, 4.69) is 5.32 Å². The molecule has 0 radical (unpaired) electrons. The molecule has 0 saturated carbocycles. The highest BCUT2D eigenvalue weighted by atomic mass is 32.2. The molecule has 0 saturated heterocycles. The predicted molar refractivity (Wildman–Crippen MR) is 113 cm³/mol. The molecule has 1 unspecified atom stereocenters. The van der Waals surface area contributed by atoms with Crippen molar-refractivity contribution in [3.63, 3.8) is 0 Å². The maximum absolute atomic E-state index is 13.2. The van der Waals surface area contributed by atoms with Crippen molar-refractivity contribution >= 4 is 28.9 Å². The summed E-state index contributed by atoms with van der Waals surface area (Å²) in [6, 6.07) is 19.0. The van der Waals surface area contributed by atoms with Crippen molar-refractivity contribution in [2.24, 2.45) is 0 Å². The van der Waals surface area contributed by atoms with Gasteiger partial charge in [-0.25, -0.2) is 4.39 Å². The van der Waals surface area contributed by atoms with E-state index in [-0.39, 0.29) is 23.9 Å². The highest BCUT2D eigenvalue weighted by Gasteiger charge is 2.18. The number of non-ortho nitro benzene ring substituents is 1. The molecule has 29 heavy (non-hydrogen) atoms. The van der Waals surface area contributed by atoms with Crippen LogP contribution in [0.3, 0.4) is 0 Å². The van der Waals surface area contributed by atoms with Crippen LogP contribution in [0.4, 0.5) is 15.8 Å². The summed E-state index contributed by atoms with van der Waals surface area (Å²) >= 11 is 1.62. The second-order valence-corrected chi connectivity index (χ2v) is 7.29.